The lowest BCUT2D eigenvalue weighted by atomic mass is 10.3. The Hall–Kier alpha value is -1.38. The number of aromatic nitrogens is 2. The summed E-state index contributed by atoms with van der Waals surface area (Å²) in [6, 6.07) is 1.71. The van der Waals surface area contributed by atoms with Crippen LogP contribution in [0.4, 0.5) is 5.69 Å². The molecule has 98 valence electrons. The molecule has 0 aromatic carbocycles. The average Bonchev–Trinajstić information content (AvgIpc) is 2.96. The average molecular weight is 286 g/mol. The molecule has 0 aliphatic rings. The van der Waals surface area contributed by atoms with E-state index >= 15 is 0 Å². The third-order valence-electron chi connectivity index (χ3n) is 2.29. The first-order valence-corrected chi connectivity index (χ1v) is 7.84. The minimum atomic E-state index is -3.60. The summed E-state index contributed by atoms with van der Waals surface area (Å²) in [6.07, 6.45) is 1.52. The molecule has 0 spiro atoms. The summed E-state index contributed by atoms with van der Waals surface area (Å²) in [5, 5.41) is 13.0. The summed E-state index contributed by atoms with van der Waals surface area (Å²) in [5.74, 6) is 0. The molecule has 0 unspecified atom stereocenters. The Balaban J connectivity index is 2.22. The zero-order valence-corrected chi connectivity index (χ0v) is 11.4. The number of rotatable bonds is 6. The van der Waals surface area contributed by atoms with E-state index in [-0.39, 0.29) is 5.03 Å². The molecule has 18 heavy (non-hydrogen) atoms. The molecule has 0 radical (unpaired) electrons. The van der Waals surface area contributed by atoms with Gasteiger partial charge in [0.15, 0.2) is 5.03 Å². The lowest BCUT2D eigenvalue weighted by Crippen LogP contribution is -2.18. The van der Waals surface area contributed by atoms with Crippen molar-refractivity contribution in [3.05, 3.63) is 28.6 Å². The summed E-state index contributed by atoms with van der Waals surface area (Å²) >= 11 is 1.43. The first kappa shape index (κ1) is 13.1. The minimum absolute atomic E-state index is 0.106. The van der Waals surface area contributed by atoms with Gasteiger partial charge < -0.3 is 5.32 Å². The van der Waals surface area contributed by atoms with E-state index in [0.717, 1.165) is 6.54 Å². The number of hydrogen-bond donors (Lipinski definition) is 3. The van der Waals surface area contributed by atoms with E-state index in [1.165, 1.54) is 17.5 Å². The quantitative estimate of drug-likeness (QED) is 0.748. The Bertz CT molecular complexity index is 589. The molecule has 0 fully saturated rings. The standard InChI is InChI=1S/C10H14N4O2S2/c1-2-11-5-8-6-12-13-10(8)18(15,16)14-9-3-4-17-7-9/h3-4,6-7,11,14H,2,5H2,1H3,(H,12,13). The number of aromatic amines is 1. The molecular weight excluding hydrogens is 272 g/mol. The van der Waals surface area contributed by atoms with Crippen molar-refractivity contribution in [1.82, 2.24) is 15.5 Å². The lowest BCUT2D eigenvalue weighted by molar-refractivity contribution is 0.594. The highest BCUT2D eigenvalue weighted by Gasteiger charge is 2.20. The second-order valence-corrected chi connectivity index (χ2v) is 6.02. The van der Waals surface area contributed by atoms with E-state index in [9.17, 15) is 8.42 Å². The highest BCUT2D eigenvalue weighted by molar-refractivity contribution is 7.92. The van der Waals surface area contributed by atoms with E-state index < -0.39 is 10.0 Å². The van der Waals surface area contributed by atoms with Crippen LogP contribution in [-0.2, 0) is 16.6 Å². The van der Waals surface area contributed by atoms with Gasteiger partial charge in [0.05, 0.1) is 11.9 Å². The molecular formula is C10H14N4O2S2. The van der Waals surface area contributed by atoms with Crippen LogP contribution in [0.25, 0.3) is 0 Å². The van der Waals surface area contributed by atoms with Gasteiger partial charge in [0.1, 0.15) is 0 Å². The van der Waals surface area contributed by atoms with Crippen LogP contribution in [-0.4, -0.2) is 25.2 Å². The molecule has 0 bridgehead atoms. The molecule has 2 aromatic rings. The number of hydrogen-bond acceptors (Lipinski definition) is 5. The van der Waals surface area contributed by atoms with Crippen LogP contribution < -0.4 is 10.0 Å². The molecule has 8 heteroatoms. The number of sulfonamides is 1. The van der Waals surface area contributed by atoms with Crippen LogP contribution in [0.2, 0.25) is 0 Å². The van der Waals surface area contributed by atoms with Gasteiger partial charge in [0.25, 0.3) is 10.0 Å². The second kappa shape index (κ2) is 5.51. The Morgan fingerprint density at radius 3 is 3.00 bits per heavy atom. The summed E-state index contributed by atoms with van der Waals surface area (Å²) in [6.45, 7) is 3.19. The Morgan fingerprint density at radius 2 is 2.33 bits per heavy atom. The van der Waals surface area contributed by atoms with Gasteiger partial charge in [0.2, 0.25) is 0 Å². The van der Waals surface area contributed by atoms with Crippen molar-refractivity contribution in [1.29, 1.82) is 0 Å². The molecule has 0 amide bonds. The molecule has 2 heterocycles. The van der Waals surface area contributed by atoms with E-state index in [4.69, 9.17) is 0 Å². The van der Waals surface area contributed by atoms with Gasteiger partial charge in [0, 0.05) is 17.5 Å². The molecule has 0 saturated carbocycles. The lowest BCUT2D eigenvalue weighted by Gasteiger charge is -2.06. The predicted octanol–water partition coefficient (Wildman–Crippen LogP) is 1.38. The first-order valence-electron chi connectivity index (χ1n) is 5.41. The SMILES string of the molecule is CCNCc1cn[nH]c1S(=O)(=O)Nc1ccsc1. The zero-order chi connectivity index (χ0) is 13.0. The van der Waals surface area contributed by atoms with Crippen molar-refractivity contribution >= 4 is 27.0 Å². The van der Waals surface area contributed by atoms with Gasteiger partial charge in [-0.1, -0.05) is 6.92 Å². The van der Waals surface area contributed by atoms with Gasteiger partial charge in [-0.2, -0.15) is 24.9 Å². The fourth-order valence-electron chi connectivity index (χ4n) is 1.45. The van der Waals surface area contributed by atoms with Crippen LogP contribution >= 0.6 is 11.3 Å². The fraction of sp³-hybridized carbons (Fsp3) is 0.300. The number of H-pyrrole nitrogens is 1. The van der Waals surface area contributed by atoms with Crippen molar-refractivity contribution in [2.45, 2.75) is 18.5 Å². The topological polar surface area (TPSA) is 86.9 Å². The van der Waals surface area contributed by atoms with Crippen LogP contribution in [0, 0.1) is 0 Å². The Morgan fingerprint density at radius 1 is 1.50 bits per heavy atom. The fourth-order valence-corrected chi connectivity index (χ4v) is 3.29. The molecule has 0 saturated heterocycles. The van der Waals surface area contributed by atoms with Crippen LogP contribution in [0.1, 0.15) is 12.5 Å². The van der Waals surface area contributed by atoms with Crippen molar-refractivity contribution in [3.8, 4) is 0 Å². The van der Waals surface area contributed by atoms with Gasteiger partial charge in [-0.25, -0.2) is 0 Å². The van der Waals surface area contributed by atoms with Crippen molar-refractivity contribution in [2.75, 3.05) is 11.3 Å². The summed E-state index contributed by atoms with van der Waals surface area (Å²) in [7, 11) is -3.60. The molecule has 2 aromatic heterocycles. The first-order chi connectivity index (χ1) is 8.63. The number of nitrogens with one attached hydrogen (secondary N) is 3. The molecule has 6 nitrogen and oxygen atoms in total. The van der Waals surface area contributed by atoms with Gasteiger partial charge in [-0.3, -0.25) is 9.82 Å². The Kier molecular flexibility index (Phi) is 4.00. The normalized spacial score (nSPS) is 11.6. The maximum absolute atomic E-state index is 12.1. The number of thiophene rings is 1. The highest BCUT2D eigenvalue weighted by atomic mass is 32.2. The monoisotopic (exact) mass is 286 g/mol. The van der Waals surface area contributed by atoms with Gasteiger partial charge in [-0.15, -0.1) is 0 Å². The van der Waals surface area contributed by atoms with Crippen molar-refractivity contribution < 1.29 is 8.42 Å². The smallest absolute Gasteiger partial charge is 0.279 e. The van der Waals surface area contributed by atoms with E-state index in [1.54, 1.807) is 11.4 Å². The summed E-state index contributed by atoms with van der Waals surface area (Å²) in [4.78, 5) is 0. The Labute approximate surface area is 109 Å². The second-order valence-electron chi connectivity index (χ2n) is 3.62. The maximum Gasteiger partial charge on any atom is 0.279 e. The van der Waals surface area contributed by atoms with Gasteiger partial charge >= 0.3 is 0 Å². The minimum Gasteiger partial charge on any atom is -0.313 e. The molecule has 0 aliphatic carbocycles. The van der Waals surface area contributed by atoms with E-state index in [1.807, 2.05) is 12.3 Å². The predicted molar refractivity (Wildman–Crippen MR) is 71.1 cm³/mol. The highest BCUT2D eigenvalue weighted by Crippen LogP contribution is 2.19. The number of nitrogens with zero attached hydrogens (tertiary/aromatic N) is 1. The largest absolute Gasteiger partial charge is 0.313 e. The van der Waals surface area contributed by atoms with Crippen LogP contribution in [0.3, 0.4) is 0 Å². The zero-order valence-electron chi connectivity index (χ0n) is 9.80. The van der Waals surface area contributed by atoms with E-state index in [2.05, 4.69) is 20.2 Å². The summed E-state index contributed by atoms with van der Waals surface area (Å²) in [5.41, 5.74) is 1.18. The van der Waals surface area contributed by atoms with Crippen molar-refractivity contribution in [3.63, 3.8) is 0 Å². The number of anilines is 1. The summed E-state index contributed by atoms with van der Waals surface area (Å²) < 4.78 is 26.8. The third kappa shape index (κ3) is 2.89. The molecule has 3 N–H and O–H groups in total. The van der Waals surface area contributed by atoms with Crippen LogP contribution in [0.5, 0.6) is 0 Å². The van der Waals surface area contributed by atoms with Crippen molar-refractivity contribution in [2.24, 2.45) is 0 Å². The van der Waals surface area contributed by atoms with Gasteiger partial charge in [-0.05, 0) is 18.0 Å². The van der Waals surface area contributed by atoms with Crippen LogP contribution in [0.15, 0.2) is 28.0 Å². The molecule has 0 aliphatic heterocycles. The molecule has 0 atom stereocenters. The third-order valence-corrected chi connectivity index (χ3v) is 4.36. The maximum atomic E-state index is 12.1. The molecule has 2 rings (SSSR count). The van der Waals surface area contributed by atoms with E-state index in [0.29, 0.717) is 17.8 Å².